The van der Waals surface area contributed by atoms with E-state index in [1.807, 2.05) is 78.6 Å². The molecule has 48 heavy (non-hydrogen) atoms. The molecule has 1 heterocycles. The lowest BCUT2D eigenvalue weighted by atomic mass is 10.1. The van der Waals surface area contributed by atoms with Crippen LogP contribution >= 0.6 is 46.7 Å². The molecular formula is C38H29Cl2N3O3S2. The molecule has 3 amide bonds. The maximum atomic E-state index is 14.2. The summed E-state index contributed by atoms with van der Waals surface area (Å²) >= 11 is 15.7. The van der Waals surface area contributed by atoms with Gasteiger partial charge in [-0.25, -0.2) is 0 Å². The Balaban J connectivity index is 1.24. The molecule has 1 aliphatic heterocycles. The molecule has 1 unspecified atom stereocenters. The SMILES string of the molecule is CCC(Sc1cccc(NC(=O)/C(=C\c2cccc(Cl)c2Cl)NC(=O)c2ccccc2)c1)C(=O)N1c2ccccc2Sc2ccccc21. The van der Waals surface area contributed by atoms with Crippen LogP contribution in [-0.4, -0.2) is 23.0 Å². The van der Waals surface area contributed by atoms with E-state index in [-0.39, 0.29) is 16.6 Å². The molecule has 0 saturated carbocycles. The van der Waals surface area contributed by atoms with Crippen molar-refractivity contribution in [1.29, 1.82) is 0 Å². The molecule has 0 aromatic heterocycles. The number of nitrogens with zero attached hydrogens (tertiary/aromatic N) is 1. The van der Waals surface area contributed by atoms with Crippen LogP contribution < -0.4 is 15.5 Å². The highest BCUT2D eigenvalue weighted by Crippen LogP contribution is 2.49. The Hall–Kier alpha value is -4.47. The highest BCUT2D eigenvalue weighted by Gasteiger charge is 2.32. The molecule has 0 saturated heterocycles. The van der Waals surface area contributed by atoms with Crippen molar-refractivity contribution in [1.82, 2.24) is 5.32 Å². The molecule has 6 rings (SSSR count). The summed E-state index contributed by atoms with van der Waals surface area (Å²) in [6.45, 7) is 1.99. The van der Waals surface area contributed by atoms with Crippen molar-refractivity contribution in [3.05, 3.63) is 148 Å². The second-order valence-corrected chi connectivity index (χ2v) is 13.9. The minimum atomic E-state index is -0.556. The Labute approximate surface area is 297 Å². The van der Waals surface area contributed by atoms with Crippen molar-refractivity contribution >= 4 is 87.6 Å². The monoisotopic (exact) mass is 709 g/mol. The molecule has 0 spiro atoms. The third kappa shape index (κ3) is 7.48. The van der Waals surface area contributed by atoms with Crippen molar-refractivity contribution in [2.75, 3.05) is 10.2 Å². The van der Waals surface area contributed by atoms with Gasteiger partial charge in [0, 0.05) is 25.9 Å². The third-order valence-electron chi connectivity index (χ3n) is 7.48. The smallest absolute Gasteiger partial charge is 0.272 e. The summed E-state index contributed by atoms with van der Waals surface area (Å²) < 4.78 is 0. The van der Waals surface area contributed by atoms with Crippen LogP contribution in [0.15, 0.2) is 142 Å². The van der Waals surface area contributed by atoms with E-state index in [2.05, 4.69) is 10.6 Å². The van der Waals surface area contributed by atoms with E-state index in [1.54, 1.807) is 66.4 Å². The fourth-order valence-corrected chi connectivity index (χ4v) is 7.61. The fraction of sp³-hybridized carbons (Fsp3) is 0.0789. The molecule has 10 heteroatoms. The van der Waals surface area contributed by atoms with Gasteiger partial charge in [0.05, 0.1) is 26.7 Å². The van der Waals surface area contributed by atoms with Gasteiger partial charge in [0.1, 0.15) is 5.70 Å². The highest BCUT2D eigenvalue weighted by atomic mass is 35.5. The quantitative estimate of drug-likeness (QED) is 0.118. The maximum Gasteiger partial charge on any atom is 0.272 e. The van der Waals surface area contributed by atoms with Crippen LogP contribution in [0.4, 0.5) is 17.1 Å². The summed E-state index contributed by atoms with van der Waals surface area (Å²) in [5.74, 6) is -1.04. The number of benzene rings is 5. The number of carbonyl (C=O) groups excluding carboxylic acids is 3. The zero-order valence-electron chi connectivity index (χ0n) is 25.7. The Morgan fingerprint density at radius 2 is 1.46 bits per heavy atom. The first-order chi connectivity index (χ1) is 23.3. The van der Waals surface area contributed by atoms with Crippen LogP contribution in [0, 0.1) is 0 Å². The minimum absolute atomic E-state index is 0.0204. The summed E-state index contributed by atoms with van der Waals surface area (Å²) in [6.07, 6.45) is 2.08. The van der Waals surface area contributed by atoms with Gasteiger partial charge in [-0.2, -0.15) is 0 Å². The van der Waals surface area contributed by atoms with Crippen molar-refractivity contribution < 1.29 is 14.4 Å². The number of carbonyl (C=O) groups is 3. The first-order valence-corrected chi connectivity index (χ1v) is 17.6. The largest absolute Gasteiger partial charge is 0.321 e. The van der Waals surface area contributed by atoms with Gasteiger partial charge in [-0.15, -0.1) is 11.8 Å². The lowest BCUT2D eigenvalue weighted by Crippen LogP contribution is -2.35. The van der Waals surface area contributed by atoms with E-state index in [0.29, 0.717) is 28.3 Å². The highest BCUT2D eigenvalue weighted by molar-refractivity contribution is 8.00. The van der Waals surface area contributed by atoms with Gasteiger partial charge < -0.3 is 10.6 Å². The number of fused-ring (bicyclic) bond motifs is 2. The maximum absolute atomic E-state index is 14.2. The number of thioether (sulfide) groups is 1. The number of anilines is 3. The summed E-state index contributed by atoms with van der Waals surface area (Å²) in [4.78, 5) is 45.6. The molecule has 0 fully saturated rings. The Bertz CT molecular complexity index is 1990. The fourth-order valence-electron chi connectivity index (χ4n) is 5.13. The van der Waals surface area contributed by atoms with Crippen molar-refractivity contribution in [3.8, 4) is 0 Å². The zero-order valence-corrected chi connectivity index (χ0v) is 28.8. The number of para-hydroxylation sites is 2. The predicted octanol–water partition coefficient (Wildman–Crippen LogP) is 10.1. The third-order valence-corrected chi connectivity index (χ3v) is 10.8. The van der Waals surface area contributed by atoms with Gasteiger partial charge in [-0.05, 0) is 78.7 Å². The van der Waals surface area contributed by atoms with E-state index in [9.17, 15) is 14.4 Å². The molecule has 240 valence electrons. The molecule has 0 radical (unpaired) electrons. The van der Waals surface area contributed by atoms with Gasteiger partial charge in [0.15, 0.2) is 0 Å². The van der Waals surface area contributed by atoms with Crippen LogP contribution in [-0.2, 0) is 9.59 Å². The van der Waals surface area contributed by atoms with E-state index in [1.165, 1.54) is 17.8 Å². The number of amides is 3. The molecule has 0 aliphatic carbocycles. The van der Waals surface area contributed by atoms with Gasteiger partial charge in [0.2, 0.25) is 5.91 Å². The summed E-state index contributed by atoms with van der Waals surface area (Å²) in [5.41, 5.74) is 3.06. The zero-order chi connectivity index (χ0) is 33.6. The topological polar surface area (TPSA) is 78.5 Å². The minimum Gasteiger partial charge on any atom is -0.321 e. The van der Waals surface area contributed by atoms with Gasteiger partial charge >= 0.3 is 0 Å². The number of rotatable bonds is 9. The summed E-state index contributed by atoms with van der Waals surface area (Å²) in [7, 11) is 0. The second kappa shape index (κ2) is 15.2. The molecule has 6 nitrogen and oxygen atoms in total. The normalized spacial score (nSPS) is 12.8. The molecule has 5 aromatic carbocycles. The standard InChI is InChI=1S/C38H29Cl2N3O3S2/c1-2-32(38(46)43-30-18-6-8-20-33(30)48-34-21-9-7-19-31(34)43)47-27-16-11-15-26(23-27)41-37(45)29(22-25-14-10-17-28(39)35(25)40)42-36(44)24-12-4-3-5-13-24/h3-23,32H,2H2,1H3,(H,41,45)(H,42,44)/b29-22+. The molecule has 2 N–H and O–H groups in total. The average molecular weight is 711 g/mol. The molecule has 0 bridgehead atoms. The predicted molar refractivity (Wildman–Crippen MR) is 198 cm³/mol. The van der Waals surface area contributed by atoms with E-state index < -0.39 is 17.1 Å². The van der Waals surface area contributed by atoms with Crippen LogP contribution in [0.25, 0.3) is 6.08 Å². The summed E-state index contributed by atoms with van der Waals surface area (Å²) in [5, 5.41) is 5.79. The number of hydrogen-bond donors (Lipinski definition) is 2. The van der Waals surface area contributed by atoms with Crippen LogP contribution in [0.2, 0.25) is 10.0 Å². The van der Waals surface area contributed by atoms with Crippen molar-refractivity contribution in [2.24, 2.45) is 0 Å². The van der Waals surface area contributed by atoms with E-state index >= 15 is 0 Å². The second-order valence-electron chi connectivity index (χ2n) is 10.7. The molecular weight excluding hydrogens is 681 g/mol. The lowest BCUT2D eigenvalue weighted by molar-refractivity contribution is -0.117. The lowest BCUT2D eigenvalue weighted by Gasteiger charge is -2.33. The number of nitrogens with one attached hydrogen (secondary N) is 2. The van der Waals surface area contributed by atoms with Crippen LogP contribution in [0.5, 0.6) is 0 Å². The first kappa shape index (κ1) is 33.4. The Morgan fingerprint density at radius 1 is 0.812 bits per heavy atom. The van der Waals surface area contributed by atoms with Crippen LogP contribution in [0.3, 0.4) is 0 Å². The molecule has 1 atom stereocenters. The van der Waals surface area contributed by atoms with Crippen LogP contribution in [0.1, 0.15) is 29.3 Å². The summed E-state index contributed by atoms with van der Waals surface area (Å²) in [6, 6.07) is 36.8. The first-order valence-electron chi connectivity index (χ1n) is 15.1. The van der Waals surface area contributed by atoms with E-state index in [4.69, 9.17) is 23.2 Å². The van der Waals surface area contributed by atoms with E-state index in [0.717, 1.165) is 26.1 Å². The number of halogens is 2. The van der Waals surface area contributed by atoms with Gasteiger partial charge in [0.25, 0.3) is 11.8 Å². The average Bonchev–Trinajstić information content (AvgIpc) is 3.11. The Kier molecular flexibility index (Phi) is 10.6. The Morgan fingerprint density at radius 3 is 2.15 bits per heavy atom. The number of hydrogen-bond acceptors (Lipinski definition) is 5. The van der Waals surface area contributed by atoms with Gasteiger partial charge in [-0.3, -0.25) is 19.3 Å². The van der Waals surface area contributed by atoms with Crippen molar-refractivity contribution in [3.63, 3.8) is 0 Å². The molecule has 5 aromatic rings. The van der Waals surface area contributed by atoms with Crippen molar-refractivity contribution in [2.45, 2.75) is 33.3 Å². The van der Waals surface area contributed by atoms with Gasteiger partial charge in [-0.1, -0.05) is 103 Å². The molecule has 1 aliphatic rings.